The molecule has 2 aromatic heterocycles. The molecule has 2 aromatic rings. The van der Waals surface area contributed by atoms with Gasteiger partial charge in [-0.05, 0) is 32.9 Å². The number of aryl methyl sites for hydroxylation is 2. The molecule has 108 valence electrons. The van der Waals surface area contributed by atoms with Crippen LogP contribution in [-0.4, -0.2) is 27.9 Å². The molecule has 0 fully saturated rings. The fourth-order valence-electron chi connectivity index (χ4n) is 2.24. The van der Waals surface area contributed by atoms with E-state index in [-0.39, 0.29) is 0 Å². The van der Waals surface area contributed by atoms with Crippen LogP contribution in [0.5, 0.6) is 0 Å². The Hall–Kier alpha value is -2.04. The summed E-state index contributed by atoms with van der Waals surface area (Å²) < 4.78 is 1.84. The van der Waals surface area contributed by atoms with Gasteiger partial charge in [-0.15, -0.1) is 0 Å². The molecule has 0 spiro atoms. The summed E-state index contributed by atoms with van der Waals surface area (Å²) in [6.45, 7) is 9.03. The number of aromatic nitrogens is 3. The van der Waals surface area contributed by atoms with Gasteiger partial charge >= 0.3 is 0 Å². The van der Waals surface area contributed by atoms with Crippen molar-refractivity contribution in [3.05, 3.63) is 35.8 Å². The minimum atomic E-state index is 0.770. The summed E-state index contributed by atoms with van der Waals surface area (Å²) in [5, 5.41) is 7.72. The molecule has 0 saturated heterocycles. The summed E-state index contributed by atoms with van der Waals surface area (Å²) in [5.41, 5.74) is 3.30. The van der Waals surface area contributed by atoms with Crippen LogP contribution >= 0.6 is 0 Å². The largest absolute Gasteiger partial charge is 0.380 e. The van der Waals surface area contributed by atoms with Gasteiger partial charge in [0.2, 0.25) is 0 Å². The first kappa shape index (κ1) is 14.4. The van der Waals surface area contributed by atoms with E-state index in [0.29, 0.717) is 0 Å². The molecule has 5 nitrogen and oxygen atoms in total. The summed E-state index contributed by atoms with van der Waals surface area (Å²) >= 11 is 0. The van der Waals surface area contributed by atoms with Crippen molar-refractivity contribution >= 4 is 11.5 Å². The lowest BCUT2D eigenvalue weighted by Gasteiger charge is -2.19. The molecule has 1 N–H and O–H groups in total. The van der Waals surface area contributed by atoms with Crippen molar-refractivity contribution in [3.63, 3.8) is 0 Å². The first-order chi connectivity index (χ1) is 9.63. The van der Waals surface area contributed by atoms with Crippen molar-refractivity contribution in [2.45, 2.75) is 27.3 Å². The number of hydrogen-bond acceptors (Lipinski definition) is 4. The van der Waals surface area contributed by atoms with Crippen molar-refractivity contribution < 1.29 is 0 Å². The highest BCUT2D eigenvalue weighted by molar-refractivity contribution is 5.48. The van der Waals surface area contributed by atoms with Crippen LogP contribution in [0.4, 0.5) is 11.5 Å². The Morgan fingerprint density at radius 1 is 1.25 bits per heavy atom. The van der Waals surface area contributed by atoms with Crippen LogP contribution in [0.3, 0.4) is 0 Å². The highest BCUT2D eigenvalue weighted by Gasteiger charge is 2.05. The second-order valence-electron chi connectivity index (χ2n) is 4.84. The predicted molar refractivity (Wildman–Crippen MR) is 83.1 cm³/mol. The van der Waals surface area contributed by atoms with Crippen molar-refractivity contribution in [1.82, 2.24) is 14.8 Å². The van der Waals surface area contributed by atoms with E-state index in [1.165, 1.54) is 5.56 Å². The summed E-state index contributed by atoms with van der Waals surface area (Å²) in [7, 11) is 1.94. The normalized spacial score (nSPS) is 10.6. The van der Waals surface area contributed by atoms with Gasteiger partial charge in [0.05, 0.1) is 17.6 Å². The van der Waals surface area contributed by atoms with Gasteiger partial charge < -0.3 is 10.2 Å². The Morgan fingerprint density at radius 2 is 2.00 bits per heavy atom. The topological polar surface area (TPSA) is 46.0 Å². The van der Waals surface area contributed by atoms with E-state index in [0.717, 1.165) is 36.8 Å². The minimum absolute atomic E-state index is 0.770. The molecule has 0 atom stereocenters. The average Bonchev–Trinajstić information content (AvgIpc) is 2.77. The van der Waals surface area contributed by atoms with E-state index in [1.807, 2.05) is 31.0 Å². The number of nitrogens with zero attached hydrogens (tertiary/aromatic N) is 4. The summed E-state index contributed by atoms with van der Waals surface area (Å²) in [6, 6.07) is 4.14. The third-order valence-corrected chi connectivity index (χ3v) is 3.43. The number of rotatable bonds is 6. The Morgan fingerprint density at radius 3 is 2.50 bits per heavy atom. The Balaban J connectivity index is 1.99. The predicted octanol–water partition coefficient (Wildman–Crippen LogP) is 2.58. The third kappa shape index (κ3) is 3.29. The molecule has 0 aliphatic heterocycles. The van der Waals surface area contributed by atoms with Gasteiger partial charge in [-0.2, -0.15) is 5.10 Å². The lowest BCUT2D eigenvalue weighted by Crippen LogP contribution is -2.22. The van der Waals surface area contributed by atoms with E-state index >= 15 is 0 Å². The van der Waals surface area contributed by atoms with Gasteiger partial charge in [0.15, 0.2) is 0 Å². The van der Waals surface area contributed by atoms with Crippen LogP contribution in [0.1, 0.15) is 25.1 Å². The Labute approximate surface area is 120 Å². The SMILES string of the molecule is CCN(CC)c1ccc(NCc2cn(C)nc2C)cn1. The number of pyridine rings is 1. The van der Waals surface area contributed by atoms with Crippen LogP contribution in [0.25, 0.3) is 0 Å². The highest BCUT2D eigenvalue weighted by atomic mass is 15.3. The molecule has 0 aromatic carbocycles. The molecule has 5 heteroatoms. The molecular formula is C15H23N5. The zero-order valence-corrected chi connectivity index (χ0v) is 12.7. The van der Waals surface area contributed by atoms with Gasteiger partial charge in [-0.3, -0.25) is 4.68 Å². The minimum Gasteiger partial charge on any atom is -0.380 e. The van der Waals surface area contributed by atoms with Crippen LogP contribution in [0.15, 0.2) is 24.5 Å². The maximum absolute atomic E-state index is 4.50. The molecule has 0 aliphatic carbocycles. The first-order valence-corrected chi connectivity index (χ1v) is 7.08. The molecule has 0 radical (unpaired) electrons. The maximum Gasteiger partial charge on any atom is 0.128 e. The van der Waals surface area contributed by atoms with E-state index in [2.05, 4.69) is 46.3 Å². The fourth-order valence-corrected chi connectivity index (χ4v) is 2.24. The first-order valence-electron chi connectivity index (χ1n) is 7.08. The van der Waals surface area contributed by atoms with Crippen molar-refractivity contribution in [2.75, 3.05) is 23.3 Å². The highest BCUT2D eigenvalue weighted by Crippen LogP contribution is 2.15. The number of nitrogens with one attached hydrogen (secondary N) is 1. The molecule has 0 aliphatic rings. The fraction of sp³-hybridized carbons (Fsp3) is 0.467. The second kappa shape index (κ2) is 6.41. The molecule has 0 saturated carbocycles. The van der Waals surface area contributed by atoms with E-state index < -0.39 is 0 Å². The molecule has 0 amide bonds. The molecule has 0 bridgehead atoms. The van der Waals surface area contributed by atoms with Crippen molar-refractivity contribution in [1.29, 1.82) is 0 Å². The summed E-state index contributed by atoms with van der Waals surface area (Å²) in [6.07, 6.45) is 3.93. The van der Waals surface area contributed by atoms with E-state index in [4.69, 9.17) is 0 Å². The quantitative estimate of drug-likeness (QED) is 0.878. The molecular weight excluding hydrogens is 250 g/mol. The van der Waals surface area contributed by atoms with Gasteiger partial charge in [0.1, 0.15) is 5.82 Å². The van der Waals surface area contributed by atoms with Crippen molar-refractivity contribution in [2.24, 2.45) is 7.05 Å². The molecule has 2 heterocycles. The second-order valence-corrected chi connectivity index (χ2v) is 4.84. The lowest BCUT2D eigenvalue weighted by atomic mass is 10.2. The zero-order valence-electron chi connectivity index (χ0n) is 12.7. The van der Waals surface area contributed by atoms with Crippen molar-refractivity contribution in [3.8, 4) is 0 Å². The third-order valence-electron chi connectivity index (χ3n) is 3.43. The van der Waals surface area contributed by atoms with Gasteiger partial charge in [-0.1, -0.05) is 0 Å². The lowest BCUT2D eigenvalue weighted by molar-refractivity contribution is 0.756. The van der Waals surface area contributed by atoms with E-state index in [9.17, 15) is 0 Å². The smallest absolute Gasteiger partial charge is 0.128 e. The standard InChI is InChI=1S/C15H23N5/c1-5-20(6-2)15-8-7-14(10-17-15)16-9-13-11-19(4)18-12(13)3/h7-8,10-11,16H,5-6,9H2,1-4H3. The number of hydrogen-bond donors (Lipinski definition) is 1. The zero-order chi connectivity index (χ0) is 14.5. The average molecular weight is 273 g/mol. The van der Waals surface area contributed by atoms with Gasteiger partial charge in [0, 0.05) is 38.4 Å². The van der Waals surface area contributed by atoms with Crippen LogP contribution in [-0.2, 0) is 13.6 Å². The number of anilines is 2. The Kier molecular flexibility index (Phi) is 4.61. The molecule has 2 rings (SSSR count). The Bertz CT molecular complexity index is 540. The van der Waals surface area contributed by atoms with E-state index in [1.54, 1.807) is 0 Å². The van der Waals surface area contributed by atoms with Gasteiger partial charge in [0.25, 0.3) is 0 Å². The maximum atomic E-state index is 4.50. The van der Waals surface area contributed by atoms with Gasteiger partial charge in [-0.25, -0.2) is 4.98 Å². The van der Waals surface area contributed by atoms with Crippen LogP contribution in [0, 0.1) is 6.92 Å². The van der Waals surface area contributed by atoms with Crippen LogP contribution in [0.2, 0.25) is 0 Å². The molecule has 20 heavy (non-hydrogen) atoms. The summed E-state index contributed by atoms with van der Waals surface area (Å²) in [4.78, 5) is 6.73. The molecule has 0 unspecified atom stereocenters. The summed E-state index contributed by atoms with van der Waals surface area (Å²) in [5.74, 6) is 1.03. The van der Waals surface area contributed by atoms with Crippen LogP contribution < -0.4 is 10.2 Å². The monoisotopic (exact) mass is 273 g/mol.